The fourth-order valence-electron chi connectivity index (χ4n) is 1.99. The summed E-state index contributed by atoms with van der Waals surface area (Å²) in [6.45, 7) is 0.551. The van der Waals surface area contributed by atoms with E-state index in [0.717, 1.165) is 11.1 Å². The molecular formula is C16H14N4O. The molecule has 21 heavy (non-hydrogen) atoms. The molecule has 104 valence electrons. The second-order valence-corrected chi connectivity index (χ2v) is 4.56. The number of aromatic amines is 1. The van der Waals surface area contributed by atoms with E-state index < -0.39 is 0 Å². The smallest absolute Gasteiger partial charge is 0.252 e. The number of nitrogens with one attached hydrogen (secondary N) is 2. The lowest BCUT2D eigenvalue weighted by molar-refractivity contribution is 1.03. The summed E-state index contributed by atoms with van der Waals surface area (Å²) in [5.74, 6) is 0.449. The molecule has 0 aliphatic rings. The third kappa shape index (κ3) is 3.33. The van der Waals surface area contributed by atoms with Crippen LogP contribution in [0.15, 0.2) is 65.7 Å². The van der Waals surface area contributed by atoms with Crippen LogP contribution in [0.3, 0.4) is 0 Å². The first kappa shape index (κ1) is 13.1. The summed E-state index contributed by atoms with van der Waals surface area (Å²) in [5, 5.41) is 3.11. The standard InChI is InChI=1S/C16H14N4O/c21-15-9-14(13-6-2-1-3-7-13)19-16(20-15)18-11-12-5-4-8-17-10-12/h1-10H,11H2,(H2,18,19,20,21). The Kier molecular flexibility index (Phi) is 3.73. The van der Waals surface area contributed by atoms with Gasteiger partial charge in [-0.25, -0.2) is 4.98 Å². The average Bonchev–Trinajstić information content (AvgIpc) is 2.54. The normalized spacial score (nSPS) is 10.3. The molecule has 1 aromatic carbocycles. The molecule has 0 atom stereocenters. The van der Waals surface area contributed by atoms with Gasteiger partial charge in [-0.2, -0.15) is 0 Å². The highest BCUT2D eigenvalue weighted by atomic mass is 16.1. The molecule has 0 aliphatic carbocycles. The van der Waals surface area contributed by atoms with E-state index in [1.807, 2.05) is 42.5 Å². The quantitative estimate of drug-likeness (QED) is 0.769. The SMILES string of the molecule is O=c1cc(-c2ccccc2)nc(NCc2cccnc2)[nH]1. The average molecular weight is 278 g/mol. The maximum atomic E-state index is 11.7. The number of aromatic nitrogens is 3. The van der Waals surface area contributed by atoms with Crippen LogP contribution in [0.1, 0.15) is 5.56 Å². The van der Waals surface area contributed by atoms with Crippen molar-refractivity contribution >= 4 is 5.95 Å². The predicted octanol–water partition coefficient (Wildman–Crippen LogP) is 2.44. The highest BCUT2D eigenvalue weighted by Gasteiger charge is 2.03. The van der Waals surface area contributed by atoms with Gasteiger partial charge in [0, 0.05) is 30.6 Å². The first-order chi connectivity index (χ1) is 10.3. The van der Waals surface area contributed by atoms with Crippen LogP contribution in [-0.2, 0) is 6.54 Å². The van der Waals surface area contributed by atoms with E-state index in [2.05, 4.69) is 20.3 Å². The van der Waals surface area contributed by atoms with E-state index in [4.69, 9.17) is 0 Å². The molecular weight excluding hydrogens is 264 g/mol. The lowest BCUT2D eigenvalue weighted by Gasteiger charge is -2.07. The summed E-state index contributed by atoms with van der Waals surface area (Å²) in [4.78, 5) is 22.9. The second kappa shape index (κ2) is 6.00. The molecule has 2 aromatic heterocycles. The lowest BCUT2D eigenvalue weighted by Crippen LogP contribution is -2.12. The van der Waals surface area contributed by atoms with Crippen LogP contribution in [-0.4, -0.2) is 15.0 Å². The summed E-state index contributed by atoms with van der Waals surface area (Å²) in [6.07, 6.45) is 3.49. The fraction of sp³-hybridized carbons (Fsp3) is 0.0625. The molecule has 2 N–H and O–H groups in total. The minimum Gasteiger partial charge on any atom is -0.352 e. The highest BCUT2D eigenvalue weighted by molar-refractivity contribution is 5.59. The minimum absolute atomic E-state index is 0.183. The monoisotopic (exact) mass is 278 g/mol. The predicted molar refractivity (Wildman–Crippen MR) is 81.9 cm³/mol. The lowest BCUT2D eigenvalue weighted by atomic mass is 10.1. The fourth-order valence-corrected chi connectivity index (χ4v) is 1.99. The number of rotatable bonds is 4. The Morgan fingerprint density at radius 1 is 1.10 bits per heavy atom. The van der Waals surface area contributed by atoms with E-state index in [9.17, 15) is 4.79 Å². The van der Waals surface area contributed by atoms with Gasteiger partial charge in [0.25, 0.3) is 5.56 Å². The molecule has 0 fully saturated rings. The molecule has 5 nitrogen and oxygen atoms in total. The third-order valence-corrected chi connectivity index (χ3v) is 2.99. The van der Waals surface area contributed by atoms with E-state index >= 15 is 0 Å². The van der Waals surface area contributed by atoms with E-state index in [1.54, 1.807) is 12.4 Å². The molecule has 0 amide bonds. The molecule has 0 saturated heterocycles. The van der Waals surface area contributed by atoms with Gasteiger partial charge in [0.05, 0.1) is 5.69 Å². The van der Waals surface area contributed by atoms with Crippen molar-refractivity contribution in [3.63, 3.8) is 0 Å². The number of pyridine rings is 1. The topological polar surface area (TPSA) is 70.7 Å². The molecule has 0 radical (unpaired) electrons. The zero-order valence-electron chi connectivity index (χ0n) is 11.3. The molecule has 0 saturated carbocycles. The molecule has 0 aliphatic heterocycles. The van der Waals surface area contributed by atoms with Gasteiger partial charge in [-0.3, -0.25) is 14.8 Å². The van der Waals surface area contributed by atoms with Crippen molar-refractivity contribution in [2.75, 3.05) is 5.32 Å². The van der Waals surface area contributed by atoms with Crippen LogP contribution in [0.25, 0.3) is 11.3 Å². The molecule has 5 heteroatoms. The van der Waals surface area contributed by atoms with Gasteiger partial charge in [-0.15, -0.1) is 0 Å². The van der Waals surface area contributed by atoms with Gasteiger partial charge >= 0.3 is 0 Å². The summed E-state index contributed by atoms with van der Waals surface area (Å²) in [7, 11) is 0. The summed E-state index contributed by atoms with van der Waals surface area (Å²) < 4.78 is 0. The number of anilines is 1. The molecule has 0 bridgehead atoms. The van der Waals surface area contributed by atoms with E-state index in [1.165, 1.54) is 6.07 Å². The van der Waals surface area contributed by atoms with Crippen LogP contribution in [0, 0.1) is 0 Å². The second-order valence-electron chi connectivity index (χ2n) is 4.56. The van der Waals surface area contributed by atoms with Crippen molar-refractivity contribution in [2.24, 2.45) is 0 Å². The summed E-state index contributed by atoms with van der Waals surface area (Å²) >= 11 is 0. The Balaban J connectivity index is 1.83. The van der Waals surface area contributed by atoms with Gasteiger partial charge in [-0.1, -0.05) is 36.4 Å². The first-order valence-electron chi connectivity index (χ1n) is 6.61. The van der Waals surface area contributed by atoms with Gasteiger partial charge in [-0.05, 0) is 11.6 Å². The van der Waals surface area contributed by atoms with Crippen LogP contribution < -0.4 is 10.9 Å². The van der Waals surface area contributed by atoms with Crippen LogP contribution >= 0.6 is 0 Å². The molecule has 2 heterocycles. The zero-order valence-corrected chi connectivity index (χ0v) is 11.3. The molecule has 0 spiro atoms. The number of H-pyrrole nitrogens is 1. The van der Waals surface area contributed by atoms with Crippen LogP contribution in [0.5, 0.6) is 0 Å². The maximum Gasteiger partial charge on any atom is 0.252 e. The largest absolute Gasteiger partial charge is 0.352 e. The molecule has 0 unspecified atom stereocenters. The maximum absolute atomic E-state index is 11.7. The minimum atomic E-state index is -0.183. The van der Waals surface area contributed by atoms with Crippen molar-refractivity contribution in [1.82, 2.24) is 15.0 Å². The van der Waals surface area contributed by atoms with Crippen LogP contribution in [0.4, 0.5) is 5.95 Å². The first-order valence-corrected chi connectivity index (χ1v) is 6.61. The Morgan fingerprint density at radius 3 is 2.71 bits per heavy atom. The van der Waals surface area contributed by atoms with Gasteiger partial charge in [0.2, 0.25) is 5.95 Å². The number of hydrogen-bond donors (Lipinski definition) is 2. The van der Waals surface area contributed by atoms with Crippen molar-refractivity contribution in [1.29, 1.82) is 0 Å². The van der Waals surface area contributed by atoms with Crippen molar-refractivity contribution in [3.8, 4) is 11.3 Å². The van der Waals surface area contributed by atoms with Crippen molar-refractivity contribution < 1.29 is 0 Å². The Morgan fingerprint density at radius 2 is 1.95 bits per heavy atom. The van der Waals surface area contributed by atoms with Gasteiger partial charge < -0.3 is 5.32 Å². The Labute approximate surface area is 121 Å². The van der Waals surface area contributed by atoms with E-state index in [-0.39, 0.29) is 5.56 Å². The summed E-state index contributed by atoms with van der Waals surface area (Å²) in [5.41, 5.74) is 2.39. The Bertz CT molecular complexity index is 769. The van der Waals surface area contributed by atoms with Crippen LogP contribution in [0.2, 0.25) is 0 Å². The third-order valence-electron chi connectivity index (χ3n) is 2.99. The van der Waals surface area contributed by atoms with Crippen molar-refractivity contribution in [2.45, 2.75) is 6.54 Å². The zero-order chi connectivity index (χ0) is 14.5. The molecule has 3 rings (SSSR count). The number of nitrogens with zero attached hydrogens (tertiary/aromatic N) is 2. The molecule has 3 aromatic rings. The van der Waals surface area contributed by atoms with Gasteiger partial charge in [0.1, 0.15) is 0 Å². The Hall–Kier alpha value is -2.95. The highest BCUT2D eigenvalue weighted by Crippen LogP contribution is 2.15. The number of hydrogen-bond acceptors (Lipinski definition) is 4. The van der Waals surface area contributed by atoms with Crippen molar-refractivity contribution in [3.05, 3.63) is 76.8 Å². The van der Waals surface area contributed by atoms with Gasteiger partial charge in [0.15, 0.2) is 0 Å². The number of benzene rings is 1. The van der Waals surface area contributed by atoms with E-state index in [0.29, 0.717) is 18.2 Å². The summed E-state index contributed by atoms with van der Waals surface area (Å²) in [6, 6.07) is 14.9.